The SMILES string of the molecule is C[Si](O)c1nccn1[C@@H](C#Cc1ccc(-c2ccc(NC3CC(NCC#N)C3)cc2)cc1)CO. The number of aliphatic hydroxyl groups is 1. The van der Waals surface area contributed by atoms with E-state index < -0.39 is 15.1 Å². The molecule has 1 fully saturated rings. The highest BCUT2D eigenvalue weighted by atomic mass is 28.3. The lowest BCUT2D eigenvalue weighted by atomic mass is 9.86. The van der Waals surface area contributed by atoms with Crippen LogP contribution in [-0.2, 0) is 0 Å². The molecule has 1 aromatic heterocycles. The topological polar surface area (TPSA) is 106 Å². The van der Waals surface area contributed by atoms with Crippen LogP contribution in [0.3, 0.4) is 0 Å². The molecule has 1 atom stereocenters. The van der Waals surface area contributed by atoms with Crippen molar-refractivity contribution < 1.29 is 9.90 Å². The van der Waals surface area contributed by atoms with E-state index in [1.807, 2.05) is 24.3 Å². The molecule has 0 amide bonds. The van der Waals surface area contributed by atoms with Gasteiger partial charge in [-0.2, -0.15) is 5.26 Å². The molecule has 173 valence electrons. The minimum absolute atomic E-state index is 0.151. The summed E-state index contributed by atoms with van der Waals surface area (Å²) in [5.41, 5.74) is 4.78. The number of aliphatic hydroxyl groups excluding tert-OH is 1. The van der Waals surface area contributed by atoms with Gasteiger partial charge in [0.2, 0.25) is 0 Å². The minimum atomic E-state index is -1.73. The van der Waals surface area contributed by atoms with Crippen LogP contribution in [0.5, 0.6) is 0 Å². The number of hydrogen-bond donors (Lipinski definition) is 4. The first-order chi connectivity index (χ1) is 16.6. The van der Waals surface area contributed by atoms with Crippen molar-refractivity contribution >= 4 is 20.2 Å². The zero-order chi connectivity index (χ0) is 23.9. The number of hydrogen-bond acceptors (Lipinski definition) is 6. The number of nitrogens with one attached hydrogen (secondary N) is 2. The second kappa shape index (κ2) is 11.1. The normalized spacial score (nSPS) is 17.9. The first-order valence-corrected chi connectivity index (χ1v) is 13.3. The Morgan fingerprint density at radius 1 is 1.12 bits per heavy atom. The summed E-state index contributed by atoms with van der Waals surface area (Å²) in [6.45, 7) is 2.00. The van der Waals surface area contributed by atoms with Gasteiger partial charge in [0, 0.05) is 35.7 Å². The second-order valence-electron chi connectivity index (χ2n) is 8.41. The van der Waals surface area contributed by atoms with Crippen molar-refractivity contribution in [2.75, 3.05) is 18.5 Å². The van der Waals surface area contributed by atoms with E-state index in [2.05, 4.69) is 57.8 Å². The van der Waals surface area contributed by atoms with Crippen molar-refractivity contribution in [3.8, 4) is 29.0 Å². The van der Waals surface area contributed by atoms with Crippen LogP contribution in [0, 0.1) is 23.2 Å². The lowest BCUT2D eigenvalue weighted by Gasteiger charge is -2.36. The largest absolute Gasteiger partial charge is 0.425 e. The van der Waals surface area contributed by atoms with E-state index >= 15 is 0 Å². The number of nitrogens with zero attached hydrogens (tertiary/aromatic N) is 3. The Bertz CT molecular complexity index is 1180. The molecule has 1 aliphatic rings. The Hall–Kier alpha value is -3.40. The van der Waals surface area contributed by atoms with Crippen LogP contribution in [0.2, 0.25) is 6.55 Å². The standard InChI is InChI=1S/C26H28N5O2Si/c1-34(33)26-29-14-15-31(26)25(18-32)11-4-19-2-5-20(6-3-19)21-7-9-22(10-8-21)30-24-16-23(17-24)28-13-12-27/h2-3,5-10,14-15,23-25,28,30,32-33H,13,16-18H2,1H3/t23?,24?,25-/m0/s1. The van der Waals surface area contributed by atoms with Crippen LogP contribution >= 0.6 is 0 Å². The van der Waals surface area contributed by atoms with Crippen molar-refractivity contribution in [3.05, 3.63) is 66.5 Å². The minimum Gasteiger partial charge on any atom is -0.425 e. The van der Waals surface area contributed by atoms with E-state index in [1.54, 1.807) is 23.5 Å². The predicted molar refractivity (Wildman–Crippen MR) is 135 cm³/mol. The van der Waals surface area contributed by atoms with Crippen LogP contribution in [0.4, 0.5) is 5.69 Å². The van der Waals surface area contributed by atoms with Gasteiger partial charge in [-0.15, -0.1) is 0 Å². The monoisotopic (exact) mass is 470 g/mol. The number of benzene rings is 2. The molecular formula is C26H28N5O2Si. The highest BCUT2D eigenvalue weighted by Gasteiger charge is 2.28. The van der Waals surface area contributed by atoms with E-state index in [0.717, 1.165) is 35.2 Å². The molecule has 1 aliphatic carbocycles. The van der Waals surface area contributed by atoms with Crippen molar-refractivity contribution in [1.29, 1.82) is 5.26 Å². The van der Waals surface area contributed by atoms with Crippen molar-refractivity contribution in [2.45, 2.75) is 37.5 Å². The van der Waals surface area contributed by atoms with Gasteiger partial charge in [-0.05, 0) is 54.8 Å². The Kier molecular flexibility index (Phi) is 7.79. The third-order valence-electron chi connectivity index (χ3n) is 5.97. The van der Waals surface area contributed by atoms with Crippen LogP contribution in [0.1, 0.15) is 24.4 Å². The van der Waals surface area contributed by atoms with Crippen molar-refractivity contribution in [3.63, 3.8) is 0 Å². The van der Waals surface area contributed by atoms with Crippen LogP contribution in [-0.4, -0.2) is 53.7 Å². The molecule has 34 heavy (non-hydrogen) atoms. The lowest BCUT2D eigenvalue weighted by molar-refractivity contribution is 0.259. The number of rotatable bonds is 8. The summed E-state index contributed by atoms with van der Waals surface area (Å²) in [6.07, 6.45) is 5.43. The summed E-state index contributed by atoms with van der Waals surface area (Å²) in [5.74, 6) is 6.22. The van der Waals surface area contributed by atoms with Gasteiger partial charge in [-0.3, -0.25) is 0 Å². The summed E-state index contributed by atoms with van der Waals surface area (Å²) in [5, 5.41) is 25.2. The molecule has 0 aliphatic heterocycles. The fraction of sp³-hybridized carbons (Fsp3) is 0.308. The quantitative estimate of drug-likeness (QED) is 0.228. The summed E-state index contributed by atoms with van der Waals surface area (Å²) >= 11 is 0. The molecule has 0 bridgehead atoms. The molecule has 0 spiro atoms. The maximum Gasteiger partial charge on any atom is 0.283 e. The van der Waals surface area contributed by atoms with Gasteiger partial charge in [0.1, 0.15) is 11.5 Å². The molecule has 7 nitrogen and oxygen atoms in total. The second-order valence-corrected chi connectivity index (χ2v) is 10.0. The molecule has 1 saturated carbocycles. The summed E-state index contributed by atoms with van der Waals surface area (Å²) < 4.78 is 1.75. The number of aromatic nitrogens is 2. The first-order valence-electron chi connectivity index (χ1n) is 11.3. The fourth-order valence-electron chi connectivity index (χ4n) is 4.05. The van der Waals surface area contributed by atoms with E-state index in [1.165, 1.54) is 0 Å². The third kappa shape index (κ3) is 5.74. The van der Waals surface area contributed by atoms with Crippen molar-refractivity contribution in [1.82, 2.24) is 14.9 Å². The molecule has 1 radical (unpaired) electrons. The van der Waals surface area contributed by atoms with Gasteiger partial charge in [-0.1, -0.05) is 36.1 Å². The van der Waals surface area contributed by atoms with Gasteiger partial charge in [-0.25, -0.2) is 4.98 Å². The Labute approximate surface area is 201 Å². The van der Waals surface area contributed by atoms with E-state index in [9.17, 15) is 9.90 Å². The van der Waals surface area contributed by atoms with E-state index in [4.69, 9.17) is 5.26 Å². The summed E-state index contributed by atoms with van der Waals surface area (Å²) in [6, 6.07) is 19.0. The Morgan fingerprint density at radius 2 is 1.79 bits per heavy atom. The van der Waals surface area contributed by atoms with Gasteiger partial charge < -0.3 is 25.1 Å². The number of anilines is 1. The number of imidazole rings is 1. The average Bonchev–Trinajstić information content (AvgIpc) is 3.32. The van der Waals surface area contributed by atoms with E-state index in [0.29, 0.717) is 24.1 Å². The zero-order valence-corrected chi connectivity index (χ0v) is 20.1. The molecule has 2 aromatic carbocycles. The molecule has 8 heteroatoms. The Balaban J connectivity index is 1.36. The zero-order valence-electron chi connectivity index (χ0n) is 19.1. The molecule has 0 saturated heterocycles. The first kappa shape index (κ1) is 23.7. The van der Waals surface area contributed by atoms with Gasteiger partial charge in [0.25, 0.3) is 9.04 Å². The predicted octanol–water partition coefficient (Wildman–Crippen LogP) is 2.01. The molecule has 0 unspecified atom stereocenters. The van der Waals surface area contributed by atoms with Gasteiger partial charge in [0.15, 0.2) is 0 Å². The Morgan fingerprint density at radius 3 is 2.41 bits per heavy atom. The summed E-state index contributed by atoms with van der Waals surface area (Å²) in [7, 11) is -1.73. The maximum absolute atomic E-state index is 9.95. The third-order valence-corrected chi connectivity index (χ3v) is 7.00. The van der Waals surface area contributed by atoms with Gasteiger partial charge in [0.05, 0.1) is 19.2 Å². The highest BCUT2D eigenvalue weighted by molar-refractivity contribution is 6.63. The van der Waals surface area contributed by atoms with E-state index in [-0.39, 0.29) is 6.61 Å². The van der Waals surface area contributed by atoms with Crippen LogP contribution < -0.4 is 16.1 Å². The fourth-order valence-corrected chi connectivity index (χ4v) is 4.91. The number of nitriles is 1. The molecule has 1 heterocycles. The van der Waals surface area contributed by atoms with Gasteiger partial charge >= 0.3 is 0 Å². The molecule has 4 N–H and O–H groups in total. The summed E-state index contributed by atoms with van der Waals surface area (Å²) in [4.78, 5) is 14.1. The molecular weight excluding hydrogens is 442 g/mol. The highest BCUT2D eigenvalue weighted by Crippen LogP contribution is 2.26. The van der Waals surface area contributed by atoms with Crippen LogP contribution in [0.25, 0.3) is 11.1 Å². The molecule has 3 aromatic rings. The molecule has 4 rings (SSSR count). The lowest BCUT2D eigenvalue weighted by Crippen LogP contribution is -2.47. The average molecular weight is 471 g/mol. The van der Waals surface area contributed by atoms with Crippen molar-refractivity contribution in [2.24, 2.45) is 0 Å². The van der Waals surface area contributed by atoms with Crippen LogP contribution in [0.15, 0.2) is 60.9 Å². The smallest absolute Gasteiger partial charge is 0.283 e. The maximum atomic E-state index is 9.95.